The number of hydrogen-bond acceptors (Lipinski definition) is 5. The topological polar surface area (TPSA) is 70.1 Å². The third kappa shape index (κ3) is 2.94. The van der Waals surface area contributed by atoms with Crippen molar-refractivity contribution < 1.29 is 4.79 Å². The number of rotatable bonds is 2. The smallest absolute Gasteiger partial charge is 0.161 e. The van der Waals surface area contributed by atoms with Crippen LogP contribution in [0.3, 0.4) is 0 Å². The van der Waals surface area contributed by atoms with E-state index < -0.39 is 5.92 Å². The van der Waals surface area contributed by atoms with Crippen LogP contribution in [-0.4, -0.2) is 5.78 Å². The Morgan fingerprint density at radius 2 is 2.07 bits per heavy atom. The Labute approximate surface area is 173 Å². The third-order valence-electron chi connectivity index (χ3n) is 5.37. The summed E-state index contributed by atoms with van der Waals surface area (Å²) >= 11 is 7.88. The number of ketones is 1. The molecule has 1 aliphatic carbocycles. The first kappa shape index (κ1) is 18.8. The van der Waals surface area contributed by atoms with Crippen molar-refractivity contribution in [2.75, 3.05) is 4.90 Å². The number of carbonyl (C=O) groups is 1. The van der Waals surface area contributed by atoms with Gasteiger partial charge in [-0.2, -0.15) is 5.26 Å². The molecule has 2 N–H and O–H groups in total. The summed E-state index contributed by atoms with van der Waals surface area (Å²) in [6.07, 6.45) is 2.02. The number of thiophene rings is 1. The minimum Gasteiger partial charge on any atom is -0.384 e. The van der Waals surface area contributed by atoms with E-state index in [1.807, 2.05) is 36.9 Å². The van der Waals surface area contributed by atoms with Gasteiger partial charge in [-0.1, -0.05) is 17.7 Å². The van der Waals surface area contributed by atoms with E-state index in [9.17, 15) is 10.1 Å². The van der Waals surface area contributed by atoms with E-state index in [1.165, 1.54) is 0 Å². The number of nitrogens with zero attached hydrogens (tertiary/aromatic N) is 2. The van der Waals surface area contributed by atoms with Crippen LogP contribution in [-0.2, 0) is 4.79 Å². The Hall–Kier alpha value is -2.55. The molecule has 0 saturated carbocycles. The van der Waals surface area contributed by atoms with Crippen LogP contribution in [0.2, 0.25) is 5.02 Å². The number of anilines is 1. The molecule has 28 heavy (non-hydrogen) atoms. The number of nitrogens with two attached hydrogens (primary N) is 1. The Balaban J connectivity index is 2.00. The molecule has 1 aliphatic heterocycles. The number of halogens is 1. The lowest BCUT2D eigenvalue weighted by molar-refractivity contribution is -0.116. The number of aryl methyl sites for hydroxylation is 2. The number of Topliss-reactive ketones (excluding diaryl/α,β-unsaturated/α-hetero) is 1. The third-order valence-corrected chi connectivity index (χ3v) is 6.59. The van der Waals surface area contributed by atoms with Crippen LogP contribution in [0, 0.1) is 25.2 Å². The molecular formula is C22H20ClN3OS. The molecule has 142 valence electrons. The van der Waals surface area contributed by atoms with Crippen LogP contribution >= 0.6 is 22.9 Å². The van der Waals surface area contributed by atoms with Gasteiger partial charge in [0.2, 0.25) is 0 Å². The zero-order chi connectivity index (χ0) is 20.0. The van der Waals surface area contributed by atoms with E-state index in [2.05, 4.69) is 12.1 Å². The van der Waals surface area contributed by atoms with Gasteiger partial charge in [-0.15, -0.1) is 11.3 Å². The quantitative estimate of drug-likeness (QED) is 0.728. The minimum atomic E-state index is -0.395. The van der Waals surface area contributed by atoms with E-state index >= 15 is 0 Å². The maximum absolute atomic E-state index is 13.1. The second-order valence-corrected chi connectivity index (χ2v) is 9.06. The Morgan fingerprint density at radius 3 is 2.71 bits per heavy atom. The fraction of sp³-hybridized carbons (Fsp3) is 0.273. The first-order valence-corrected chi connectivity index (χ1v) is 10.4. The van der Waals surface area contributed by atoms with Gasteiger partial charge >= 0.3 is 0 Å². The number of allylic oxidation sites excluding steroid dienone is 3. The first-order valence-electron chi connectivity index (χ1n) is 9.21. The molecule has 4 rings (SSSR count). The fourth-order valence-corrected chi connectivity index (χ4v) is 5.39. The molecule has 6 heteroatoms. The van der Waals surface area contributed by atoms with Gasteiger partial charge < -0.3 is 5.73 Å². The highest BCUT2D eigenvalue weighted by atomic mass is 35.5. The molecule has 0 bridgehead atoms. The largest absolute Gasteiger partial charge is 0.384 e. The summed E-state index contributed by atoms with van der Waals surface area (Å²) in [5.74, 6) is 0.0847. The number of hydrogen-bond donors (Lipinski definition) is 1. The predicted molar refractivity (Wildman–Crippen MR) is 113 cm³/mol. The maximum atomic E-state index is 13.1. The summed E-state index contributed by atoms with van der Waals surface area (Å²) in [6.45, 7) is 4.08. The lowest BCUT2D eigenvalue weighted by Crippen LogP contribution is -2.38. The van der Waals surface area contributed by atoms with Gasteiger partial charge in [0.25, 0.3) is 0 Å². The average Bonchev–Trinajstić information content (AvgIpc) is 2.98. The molecule has 0 amide bonds. The lowest BCUT2D eigenvalue weighted by Gasteiger charge is -2.39. The van der Waals surface area contributed by atoms with Crippen molar-refractivity contribution in [1.82, 2.24) is 0 Å². The van der Waals surface area contributed by atoms with Gasteiger partial charge in [-0.3, -0.25) is 9.69 Å². The van der Waals surface area contributed by atoms with Gasteiger partial charge in [0.15, 0.2) is 5.78 Å². The second-order valence-electron chi connectivity index (χ2n) is 7.16. The molecule has 0 radical (unpaired) electrons. The van der Waals surface area contributed by atoms with Crippen LogP contribution in [0.25, 0.3) is 0 Å². The summed E-state index contributed by atoms with van der Waals surface area (Å²) in [6, 6.07) is 11.7. The van der Waals surface area contributed by atoms with E-state index in [4.69, 9.17) is 17.3 Å². The van der Waals surface area contributed by atoms with E-state index in [0.717, 1.165) is 39.5 Å². The summed E-state index contributed by atoms with van der Waals surface area (Å²) in [4.78, 5) is 17.2. The molecular weight excluding hydrogens is 390 g/mol. The normalized spacial score (nSPS) is 19.7. The van der Waals surface area contributed by atoms with Crippen molar-refractivity contribution in [3.8, 4) is 6.07 Å². The molecule has 2 aliphatic rings. The number of nitriles is 1. The zero-order valence-electron chi connectivity index (χ0n) is 15.8. The zero-order valence-corrected chi connectivity index (χ0v) is 17.3. The van der Waals surface area contributed by atoms with Crippen molar-refractivity contribution in [3.05, 3.63) is 73.3 Å². The van der Waals surface area contributed by atoms with Crippen LogP contribution in [0.5, 0.6) is 0 Å². The molecule has 0 unspecified atom stereocenters. The molecule has 2 aromatic rings. The molecule has 0 fully saturated rings. The van der Waals surface area contributed by atoms with Gasteiger partial charge in [0.1, 0.15) is 5.82 Å². The summed E-state index contributed by atoms with van der Waals surface area (Å²) < 4.78 is 0. The second kappa shape index (κ2) is 7.12. The van der Waals surface area contributed by atoms with Crippen molar-refractivity contribution in [2.24, 2.45) is 5.73 Å². The Morgan fingerprint density at radius 1 is 1.29 bits per heavy atom. The maximum Gasteiger partial charge on any atom is 0.161 e. The van der Waals surface area contributed by atoms with E-state index in [-0.39, 0.29) is 5.78 Å². The standard InChI is InChI=1S/C22H20ClN3OS/c1-12-9-16(13(2)28-12)20-17(11-24)22(25)26(15-6-3-5-14(23)10-15)18-7-4-8-19(27)21(18)20/h3,5-6,9-10,20H,4,7-8,25H2,1-2H3/t20-/m1/s1. The van der Waals surface area contributed by atoms with Crippen molar-refractivity contribution in [3.63, 3.8) is 0 Å². The summed E-state index contributed by atoms with van der Waals surface area (Å²) in [7, 11) is 0. The van der Waals surface area contributed by atoms with Crippen LogP contribution in [0.15, 0.2) is 53.0 Å². The predicted octanol–water partition coefficient (Wildman–Crippen LogP) is 5.32. The van der Waals surface area contributed by atoms with E-state index in [1.54, 1.807) is 17.4 Å². The molecule has 4 nitrogen and oxygen atoms in total. The summed E-state index contributed by atoms with van der Waals surface area (Å²) in [5, 5.41) is 10.6. The van der Waals surface area contributed by atoms with Crippen LogP contribution < -0.4 is 10.6 Å². The number of carbonyl (C=O) groups excluding carboxylic acids is 1. The molecule has 1 atom stereocenters. The molecule has 2 heterocycles. The first-order chi connectivity index (χ1) is 13.4. The van der Waals surface area contributed by atoms with E-state index in [0.29, 0.717) is 28.4 Å². The number of benzene rings is 1. The lowest BCUT2D eigenvalue weighted by atomic mass is 9.75. The molecule has 0 saturated heterocycles. The van der Waals surface area contributed by atoms with Crippen molar-refractivity contribution in [1.29, 1.82) is 5.26 Å². The monoisotopic (exact) mass is 409 g/mol. The minimum absolute atomic E-state index is 0.0989. The SMILES string of the molecule is Cc1cc([C@@H]2C(C#N)=C(N)N(c3cccc(Cl)c3)C3=C2C(=O)CCC3)c(C)s1. The Bertz CT molecular complexity index is 1090. The molecule has 1 aromatic carbocycles. The Kier molecular flexibility index (Phi) is 4.78. The fourth-order valence-electron chi connectivity index (χ4n) is 4.24. The van der Waals surface area contributed by atoms with Crippen molar-refractivity contribution >= 4 is 34.4 Å². The molecule has 0 spiro atoms. The highest BCUT2D eigenvalue weighted by Crippen LogP contribution is 2.48. The highest BCUT2D eigenvalue weighted by molar-refractivity contribution is 7.12. The molecule has 1 aromatic heterocycles. The van der Waals surface area contributed by atoms with Gasteiger partial charge in [-0.05, 0) is 56.5 Å². The highest BCUT2D eigenvalue weighted by Gasteiger charge is 2.41. The van der Waals surface area contributed by atoms with Gasteiger partial charge in [0.05, 0.1) is 17.6 Å². The van der Waals surface area contributed by atoms with Crippen LogP contribution in [0.1, 0.15) is 40.5 Å². The summed E-state index contributed by atoms with van der Waals surface area (Å²) in [5.41, 5.74) is 10.4. The average molecular weight is 410 g/mol. The van der Waals surface area contributed by atoms with Crippen molar-refractivity contribution in [2.45, 2.75) is 39.0 Å². The van der Waals surface area contributed by atoms with Crippen LogP contribution in [0.4, 0.5) is 5.69 Å². The van der Waals surface area contributed by atoms with Gasteiger partial charge in [-0.25, -0.2) is 0 Å². The van der Waals surface area contributed by atoms with Gasteiger partial charge in [0, 0.05) is 38.2 Å².